The molecule has 0 spiro atoms. The first-order valence-electron chi connectivity index (χ1n) is 5.71. The van der Waals surface area contributed by atoms with Gasteiger partial charge in [-0.05, 0) is 12.5 Å². The predicted octanol–water partition coefficient (Wildman–Crippen LogP) is 1.74. The van der Waals surface area contributed by atoms with Crippen LogP contribution >= 0.6 is 0 Å². The van der Waals surface area contributed by atoms with Gasteiger partial charge in [0.2, 0.25) is 0 Å². The number of hydrogen-bond donors (Lipinski definition) is 0. The van der Waals surface area contributed by atoms with E-state index in [9.17, 15) is 10.1 Å². The van der Waals surface area contributed by atoms with Gasteiger partial charge in [-0.3, -0.25) is 15.0 Å². The van der Waals surface area contributed by atoms with Crippen molar-refractivity contribution in [2.75, 3.05) is 26.3 Å². The van der Waals surface area contributed by atoms with E-state index in [0.29, 0.717) is 0 Å². The van der Waals surface area contributed by atoms with Crippen molar-refractivity contribution in [1.29, 1.82) is 0 Å². The second-order valence-corrected chi connectivity index (χ2v) is 4.21. The van der Waals surface area contributed by atoms with Gasteiger partial charge in [0.15, 0.2) is 0 Å². The summed E-state index contributed by atoms with van der Waals surface area (Å²) < 4.78 is 5.28. The molecule has 0 atom stereocenters. The Morgan fingerprint density at radius 1 is 1.41 bits per heavy atom. The van der Waals surface area contributed by atoms with Crippen LogP contribution in [0.2, 0.25) is 0 Å². The van der Waals surface area contributed by atoms with E-state index in [1.165, 1.54) is 0 Å². The van der Waals surface area contributed by atoms with Crippen molar-refractivity contribution < 1.29 is 9.66 Å². The smallest absolute Gasteiger partial charge is 0.272 e. The molecule has 1 saturated heterocycles. The normalized spacial score (nSPS) is 17.0. The number of morpholine rings is 1. The number of nitro groups is 1. The van der Waals surface area contributed by atoms with Gasteiger partial charge in [-0.25, -0.2) is 0 Å². The van der Waals surface area contributed by atoms with E-state index in [2.05, 4.69) is 4.90 Å². The second kappa shape index (κ2) is 5.25. The standard InChI is InChI=1S/C12H16N2O3/c1-10-11(3-2-4-12(10)14(15)16)9-13-5-7-17-8-6-13/h2-4H,5-9H2,1H3. The molecule has 0 N–H and O–H groups in total. The van der Waals surface area contributed by atoms with E-state index >= 15 is 0 Å². The number of ether oxygens (including phenoxy) is 1. The maximum Gasteiger partial charge on any atom is 0.272 e. The third-order valence-corrected chi connectivity index (χ3v) is 3.11. The first-order chi connectivity index (χ1) is 8.18. The molecule has 2 rings (SSSR count). The first-order valence-corrected chi connectivity index (χ1v) is 5.71. The summed E-state index contributed by atoms with van der Waals surface area (Å²) in [6.45, 7) is 5.84. The highest BCUT2D eigenvalue weighted by Crippen LogP contribution is 2.22. The zero-order valence-corrected chi connectivity index (χ0v) is 9.89. The highest BCUT2D eigenvalue weighted by Gasteiger charge is 2.16. The van der Waals surface area contributed by atoms with Crippen molar-refractivity contribution in [3.8, 4) is 0 Å². The Kier molecular flexibility index (Phi) is 3.71. The Balaban J connectivity index is 2.15. The molecule has 0 radical (unpaired) electrons. The molecule has 0 bridgehead atoms. The minimum Gasteiger partial charge on any atom is -0.379 e. The fraction of sp³-hybridized carbons (Fsp3) is 0.500. The van der Waals surface area contributed by atoms with E-state index in [1.807, 2.05) is 13.0 Å². The van der Waals surface area contributed by atoms with E-state index in [4.69, 9.17) is 4.74 Å². The lowest BCUT2D eigenvalue weighted by atomic mass is 10.1. The quantitative estimate of drug-likeness (QED) is 0.592. The average Bonchev–Trinajstić information content (AvgIpc) is 2.33. The highest BCUT2D eigenvalue weighted by molar-refractivity contribution is 5.44. The van der Waals surface area contributed by atoms with Gasteiger partial charge in [-0.1, -0.05) is 12.1 Å². The number of nitrogens with zero attached hydrogens (tertiary/aromatic N) is 2. The predicted molar refractivity (Wildman–Crippen MR) is 63.9 cm³/mol. The fourth-order valence-electron chi connectivity index (χ4n) is 2.04. The van der Waals surface area contributed by atoms with Crippen molar-refractivity contribution in [2.45, 2.75) is 13.5 Å². The van der Waals surface area contributed by atoms with Gasteiger partial charge in [0, 0.05) is 31.3 Å². The molecule has 0 unspecified atom stereocenters. The zero-order valence-electron chi connectivity index (χ0n) is 9.89. The van der Waals surface area contributed by atoms with Crippen LogP contribution in [0.5, 0.6) is 0 Å². The summed E-state index contributed by atoms with van der Waals surface area (Å²) in [4.78, 5) is 12.8. The van der Waals surface area contributed by atoms with Crippen LogP contribution in [0.15, 0.2) is 18.2 Å². The summed E-state index contributed by atoms with van der Waals surface area (Å²) in [7, 11) is 0. The first kappa shape index (κ1) is 12.0. The maximum absolute atomic E-state index is 10.8. The molecule has 92 valence electrons. The third kappa shape index (κ3) is 2.81. The molecule has 5 nitrogen and oxygen atoms in total. The molecule has 1 fully saturated rings. The van der Waals surface area contributed by atoms with Crippen LogP contribution in [0.4, 0.5) is 5.69 Å². The van der Waals surface area contributed by atoms with Crippen molar-refractivity contribution in [2.24, 2.45) is 0 Å². The van der Waals surface area contributed by atoms with Crippen LogP contribution in [0.1, 0.15) is 11.1 Å². The fourth-order valence-corrected chi connectivity index (χ4v) is 2.04. The van der Waals surface area contributed by atoms with Crippen molar-refractivity contribution in [1.82, 2.24) is 4.90 Å². The summed E-state index contributed by atoms with van der Waals surface area (Å²) in [5, 5.41) is 10.8. The number of benzene rings is 1. The van der Waals surface area contributed by atoms with Crippen LogP contribution in [-0.2, 0) is 11.3 Å². The molecular weight excluding hydrogens is 220 g/mol. The Hall–Kier alpha value is -1.46. The second-order valence-electron chi connectivity index (χ2n) is 4.21. The van der Waals surface area contributed by atoms with Gasteiger partial charge < -0.3 is 4.74 Å². The van der Waals surface area contributed by atoms with Crippen molar-refractivity contribution in [3.05, 3.63) is 39.4 Å². The molecule has 0 aromatic heterocycles. The SMILES string of the molecule is Cc1c(CN2CCOCC2)cccc1[N+](=O)[O-]. The molecular formula is C12H16N2O3. The summed E-state index contributed by atoms with van der Waals surface area (Å²) in [6, 6.07) is 5.26. The molecule has 5 heteroatoms. The molecule has 1 aromatic rings. The number of hydrogen-bond acceptors (Lipinski definition) is 4. The summed E-state index contributed by atoms with van der Waals surface area (Å²) in [5.41, 5.74) is 2.00. The molecule has 0 saturated carbocycles. The Morgan fingerprint density at radius 2 is 2.12 bits per heavy atom. The molecule has 17 heavy (non-hydrogen) atoms. The summed E-state index contributed by atoms with van der Waals surface area (Å²) >= 11 is 0. The van der Waals surface area contributed by atoms with Gasteiger partial charge >= 0.3 is 0 Å². The van der Waals surface area contributed by atoms with E-state index in [-0.39, 0.29) is 10.6 Å². The molecule has 1 aromatic carbocycles. The topological polar surface area (TPSA) is 55.6 Å². The minimum absolute atomic E-state index is 0.204. The van der Waals surface area contributed by atoms with Gasteiger partial charge in [0.25, 0.3) is 5.69 Å². The lowest BCUT2D eigenvalue weighted by molar-refractivity contribution is -0.385. The number of rotatable bonds is 3. The minimum atomic E-state index is -0.321. The van der Waals surface area contributed by atoms with Crippen LogP contribution in [-0.4, -0.2) is 36.1 Å². The van der Waals surface area contributed by atoms with E-state index in [0.717, 1.165) is 44.0 Å². The van der Waals surface area contributed by atoms with Gasteiger partial charge in [0.1, 0.15) is 0 Å². The molecule has 1 aliphatic rings. The van der Waals surface area contributed by atoms with Gasteiger partial charge in [-0.2, -0.15) is 0 Å². The van der Waals surface area contributed by atoms with E-state index in [1.54, 1.807) is 12.1 Å². The summed E-state index contributed by atoms with van der Waals surface area (Å²) in [5.74, 6) is 0. The Labute approximate surface area is 100 Å². The van der Waals surface area contributed by atoms with Gasteiger partial charge in [0.05, 0.1) is 18.1 Å². The monoisotopic (exact) mass is 236 g/mol. The van der Waals surface area contributed by atoms with Crippen LogP contribution in [0.25, 0.3) is 0 Å². The molecule has 1 heterocycles. The third-order valence-electron chi connectivity index (χ3n) is 3.11. The molecule has 1 aliphatic heterocycles. The average molecular weight is 236 g/mol. The maximum atomic E-state index is 10.8. The number of nitro benzene ring substituents is 1. The molecule has 0 aliphatic carbocycles. The van der Waals surface area contributed by atoms with Crippen LogP contribution < -0.4 is 0 Å². The summed E-state index contributed by atoms with van der Waals surface area (Å²) in [6.07, 6.45) is 0. The van der Waals surface area contributed by atoms with Crippen LogP contribution in [0.3, 0.4) is 0 Å². The van der Waals surface area contributed by atoms with E-state index < -0.39 is 0 Å². The lowest BCUT2D eigenvalue weighted by Crippen LogP contribution is -2.35. The Morgan fingerprint density at radius 3 is 2.76 bits per heavy atom. The van der Waals surface area contributed by atoms with Crippen molar-refractivity contribution in [3.63, 3.8) is 0 Å². The van der Waals surface area contributed by atoms with Gasteiger partial charge in [-0.15, -0.1) is 0 Å². The largest absolute Gasteiger partial charge is 0.379 e. The van der Waals surface area contributed by atoms with Crippen molar-refractivity contribution >= 4 is 5.69 Å². The molecule has 0 amide bonds. The zero-order chi connectivity index (χ0) is 12.3. The Bertz CT molecular complexity index is 414. The van der Waals surface area contributed by atoms with Crippen LogP contribution in [0, 0.1) is 17.0 Å². The highest BCUT2D eigenvalue weighted by atomic mass is 16.6. The lowest BCUT2D eigenvalue weighted by Gasteiger charge is -2.27.